The number of hydrogen-bond donors (Lipinski definition) is 1. The summed E-state index contributed by atoms with van der Waals surface area (Å²) in [5.74, 6) is -0.370. The van der Waals surface area contributed by atoms with Crippen LogP contribution < -0.4 is 10.2 Å². The van der Waals surface area contributed by atoms with E-state index in [1.165, 1.54) is 10.6 Å². The molecule has 32 heavy (non-hydrogen) atoms. The average Bonchev–Trinajstić information content (AvgIpc) is 3.15. The summed E-state index contributed by atoms with van der Waals surface area (Å²) in [6.45, 7) is 6.89. The number of carbonyl (C=O) groups excluding carboxylic acids is 3. The Bertz CT molecular complexity index is 937. The van der Waals surface area contributed by atoms with E-state index in [1.54, 1.807) is 24.3 Å². The predicted molar refractivity (Wildman–Crippen MR) is 123 cm³/mol. The van der Waals surface area contributed by atoms with E-state index in [2.05, 4.69) is 46.3 Å². The van der Waals surface area contributed by atoms with Gasteiger partial charge >= 0.3 is 0 Å². The molecule has 1 N–H and O–H groups in total. The van der Waals surface area contributed by atoms with E-state index in [4.69, 9.17) is 0 Å². The fraction of sp³-hybridized carbons (Fsp3) is 0.400. The summed E-state index contributed by atoms with van der Waals surface area (Å²) < 4.78 is 0. The molecule has 0 spiro atoms. The van der Waals surface area contributed by atoms with E-state index < -0.39 is 0 Å². The molecule has 2 aliphatic heterocycles. The second-order valence-electron chi connectivity index (χ2n) is 8.49. The normalized spacial score (nSPS) is 18.2. The molecule has 2 heterocycles. The molecule has 2 aromatic rings. The Morgan fingerprint density at radius 3 is 2.16 bits per heavy atom. The summed E-state index contributed by atoms with van der Waals surface area (Å²) in [5.41, 5.74) is 2.68. The van der Waals surface area contributed by atoms with Gasteiger partial charge in [-0.15, -0.1) is 0 Å². The van der Waals surface area contributed by atoms with E-state index >= 15 is 0 Å². The van der Waals surface area contributed by atoms with Crippen LogP contribution >= 0.6 is 0 Å². The molecular formula is C25H30N4O3. The minimum Gasteiger partial charge on any atom is -0.369 e. The summed E-state index contributed by atoms with van der Waals surface area (Å²) >= 11 is 0. The highest BCUT2D eigenvalue weighted by atomic mass is 16.2. The lowest BCUT2D eigenvalue weighted by molar-refractivity contribution is -0.139. The maximum atomic E-state index is 12.6. The fourth-order valence-electron chi connectivity index (χ4n) is 4.27. The Hall–Kier alpha value is -3.19. The summed E-state index contributed by atoms with van der Waals surface area (Å²) in [7, 11) is 0. The van der Waals surface area contributed by atoms with Gasteiger partial charge in [0.2, 0.25) is 11.8 Å². The van der Waals surface area contributed by atoms with Gasteiger partial charge in [0.1, 0.15) is 0 Å². The quantitative estimate of drug-likeness (QED) is 0.677. The maximum Gasteiger partial charge on any atom is 0.251 e. The van der Waals surface area contributed by atoms with Gasteiger partial charge in [0.05, 0.1) is 6.54 Å². The summed E-state index contributed by atoms with van der Waals surface area (Å²) in [4.78, 5) is 42.2. The van der Waals surface area contributed by atoms with Crippen LogP contribution in [0.3, 0.4) is 0 Å². The number of benzene rings is 2. The molecule has 4 rings (SSSR count). The first kappa shape index (κ1) is 22.0. The second-order valence-corrected chi connectivity index (χ2v) is 8.49. The van der Waals surface area contributed by atoms with Crippen molar-refractivity contribution in [3.8, 4) is 0 Å². The number of rotatable bonds is 7. The molecule has 2 fully saturated rings. The number of hydrogen-bond acceptors (Lipinski definition) is 5. The van der Waals surface area contributed by atoms with Gasteiger partial charge in [-0.05, 0) is 36.8 Å². The molecule has 0 radical (unpaired) electrons. The van der Waals surface area contributed by atoms with Crippen LogP contribution in [0, 0.1) is 0 Å². The Morgan fingerprint density at radius 1 is 0.906 bits per heavy atom. The van der Waals surface area contributed by atoms with Gasteiger partial charge in [-0.3, -0.25) is 24.2 Å². The highest BCUT2D eigenvalue weighted by molar-refractivity contribution is 6.01. The van der Waals surface area contributed by atoms with Crippen molar-refractivity contribution in [1.29, 1.82) is 0 Å². The summed E-state index contributed by atoms with van der Waals surface area (Å²) in [6, 6.07) is 17.8. The lowest BCUT2D eigenvalue weighted by atomic mass is 10.1. The van der Waals surface area contributed by atoms with E-state index in [0.29, 0.717) is 24.9 Å². The number of imide groups is 1. The number of para-hydroxylation sites is 1. The molecule has 168 valence electrons. The number of nitrogens with one attached hydrogen (secondary N) is 1. The third-order valence-corrected chi connectivity index (χ3v) is 6.33. The highest BCUT2D eigenvalue weighted by Crippen LogP contribution is 2.17. The molecule has 7 heteroatoms. The van der Waals surface area contributed by atoms with Crippen LogP contribution in [0.5, 0.6) is 0 Å². The van der Waals surface area contributed by atoms with Crippen LogP contribution in [-0.2, 0) is 16.1 Å². The molecule has 2 aromatic carbocycles. The number of amides is 3. The molecular weight excluding hydrogens is 404 g/mol. The zero-order valence-electron chi connectivity index (χ0n) is 18.5. The van der Waals surface area contributed by atoms with Gasteiger partial charge in [-0.25, -0.2) is 0 Å². The highest BCUT2D eigenvalue weighted by Gasteiger charge is 2.28. The standard InChI is InChI=1S/C25H30N4O3/c1-19(27-13-15-28(16-14-27)22-5-3-2-4-6-22)17-26-25(32)21-9-7-20(8-10-21)18-29-23(30)11-12-24(29)31/h2-10,19H,11-18H2,1H3,(H,26,32). The Kier molecular flexibility index (Phi) is 6.85. The number of likely N-dealkylation sites (tertiary alicyclic amines) is 1. The minimum absolute atomic E-state index is 0.111. The van der Waals surface area contributed by atoms with E-state index in [-0.39, 0.29) is 30.3 Å². The van der Waals surface area contributed by atoms with Crippen molar-refractivity contribution in [3.63, 3.8) is 0 Å². The average molecular weight is 435 g/mol. The minimum atomic E-state index is -0.129. The third-order valence-electron chi connectivity index (χ3n) is 6.33. The van der Waals surface area contributed by atoms with Crippen LogP contribution in [0.15, 0.2) is 54.6 Å². The van der Waals surface area contributed by atoms with Crippen molar-refractivity contribution in [2.75, 3.05) is 37.6 Å². The van der Waals surface area contributed by atoms with E-state index in [0.717, 1.165) is 31.7 Å². The molecule has 7 nitrogen and oxygen atoms in total. The number of piperazine rings is 1. The van der Waals surface area contributed by atoms with E-state index in [1.807, 2.05) is 6.07 Å². The van der Waals surface area contributed by atoms with Gasteiger partial charge in [-0.1, -0.05) is 30.3 Å². The molecule has 1 atom stereocenters. The van der Waals surface area contributed by atoms with Crippen LogP contribution in [0.4, 0.5) is 5.69 Å². The van der Waals surface area contributed by atoms with Crippen molar-refractivity contribution in [1.82, 2.24) is 15.1 Å². The zero-order valence-corrected chi connectivity index (χ0v) is 18.5. The van der Waals surface area contributed by atoms with Crippen LogP contribution in [0.25, 0.3) is 0 Å². The predicted octanol–water partition coefficient (Wildman–Crippen LogP) is 2.28. The molecule has 2 saturated heterocycles. The summed E-state index contributed by atoms with van der Waals surface area (Å²) in [6.07, 6.45) is 0.581. The van der Waals surface area contributed by atoms with Crippen LogP contribution in [0.2, 0.25) is 0 Å². The topological polar surface area (TPSA) is 73.0 Å². The molecule has 0 aromatic heterocycles. The largest absolute Gasteiger partial charge is 0.369 e. The third kappa shape index (κ3) is 5.16. The van der Waals surface area contributed by atoms with Crippen molar-refractivity contribution in [2.24, 2.45) is 0 Å². The summed E-state index contributed by atoms with van der Waals surface area (Å²) in [5, 5.41) is 3.03. The fourth-order valence-corrected chi connectivity index (χ4v) is 4.27. The molecule has 0 saturated carbocycles. The number of nitrogens with zero attached hydrogens (tertiary/aromatic N) is 3. The second kappa shape index (κ2) is 9.96. The first-order chi connectivity index (χ1) is 15.5. The van der Waals surface area contributed by atoms with Crippen molar-refractivity contribution in [2.45, 2.75) is 32.4 Å². The van der Waals surface area contributed by atoms with Gasteiger partial charge in [0.15, 0.2) is 0 Å². The lowest BCUT2D eigenvalue weighted by Crippen LogP contribution is -2.52. The SMILES string of the molecule is CC(CNC(=O)c1ccc(CN2C(=O)CCC2=O)cc1)N1CCN(c2ccccc2)CC1. The first-order valence-corrected chi connectivity index (χ1v) is 11.3. The van der Waals surface area contributed by atoms with Crippen molar-refractivity contribution < 1.29 is 14.4 Å². The van der Waals surface area contributed by atoms with Gasteiger partial charge in [0.25, 0.3) is 5.91 Å². The van der Waals surface area contributed by atoms with Gasteiger partial charge < -0.3 is 10.2 Å². The van der Waals surface area contributed by atoms with Crippen molar-refractivity contribution >= 4 is 23.4 Å². The smallest absolute Gasteiger partial charge is 0.251 e. The number of carbonyl (C=O) groups is 3. The van der Waals surface area contributed by atoms with Gasteiger partial charge in [-0.2, -0.15) is 0 Å². The molecule has 0 aliphatic carbocycles. The Morgan fingerprint density at radius 2 is 1.53 bits per heavy atom. The molecule has 1 unspecified atom stereocenters. The Labute approximate surface area is 189 Å². The molecule has 2 aliphatic rings. The Balaban J connectivity index is 1.23. The monoisotopic (exact) mass is 434 g/mol. The van der Waals surface area contributed by atoms with Crippen LogP contribution in [-0.4, -0.2) is 66.3 Å². The zero-order chi connectivity index (χ0) is 22.5. The van der Waals surface area contributed by atoms with Crippen molar-refractivity contribution in [3.05, 3.63) is 65.7 Å². The lowest BCUT2D eigenvalue weighted by Gasteiger charge is -2.39. The first-order valence-electron chi connectivity index (χ1n) is 11.3. The maximum absolute atomic E-state index is 12.6. The molecule has 0 bridgehead atoms. The van der Waals surface area contributed by atoms with E-state index in [9.17, 15) is 14.4 Å². The number of anilines is 1. The van der Waals surface area contributed by atoms with Crippen LogP contribution in [0.1, 0.15) is 35.7 Å². The molecule has 3 amide bonds. The van der Waals surface area contributed by atoms with Gasteiger partial charge in [0, 0.05) is 62.9 Å².